The lowest BCUT2D eigenvalue weighted by Gasteiger charge is -2.14. The highest BCUT2D eigenvalue weighted by Gasteiger charge is 2.25. The van der Waals surface area contributed by atoms with Gasteiger partial charge in [-0.05, 0) is 18.2 Å². The first kappa shape index (κ1) is 14.5. The highest BCUT2D eigenvalue weighted by atomic mass is 16.3. The molecule has 2 amide bonds. The van der Waals surface area contributed by atoms with Gasteiger partial charge in [0.2, 0.25) is 5.91 Å². The molecular formula is C14H19N3O3. The fourth-order valence-corrected chi connectivity index (χ4v) is 2.19. The predicted molar refractivity (Wildman–Crippen MR) is 75.4 cm³/mol. The summed E-state index contributed by atoms with van der Waals surface area (Å²) in [6, 6.07) is 6.75. The molecule has 1 aliphatic heterocycles. The van der Waals surface area contributed by atoms with E-state index >= 15 is 0 Å². The van der Waals surface area contributed by atoms with Gasteiger partial charge in [0.05, 0.1) is 6.10 Å². The summed E-state index contributed by atoms with van der Waals surface area (Å²) in [5, 5.41) is 18.2. The fourth-order valence-electron chi connectivity index (χ4n) is 2.19. The summed E-state index contributed by atoms with van der Waals surface area (Å²) in [6.07, 6.45) is -0.416. The van der Waals surface area contributed by atoms with Crippen molar-refractivity contribution in [1.29, 1.82) is 0 Å². The van der Waals surface area contributed by atoms with Crippen LogP contribution in [0.25, 0.3) is 0 Å². The number of amides is 2. The zero-order chi connectivity index (χ0) is 14.5. The van der Waals surface area contributed by atoms with Crippen LogP contribution in [0, 0.1) is 5.92 Å². The highest BCUT2D eigenvalue weighted by Crippen LogP contribution is 2.11. The van der Waals surface area contributed by atoms with Gasteiger partial charge in [-0.25, -0.2) is 0 Å². The van der Waals surface area contributed by atoms with E-state index in [0.29, 0.717) is 30.9 Å². The summed E-state index contributed by atoms with van der Waals surface area (Å²) in [6.45, 7) is 3.12. The van der Waals surface area contributed by atoms with Crippen LogP contribution in [0.4, 0.5) is 5.69 Å². The molecule has 20 heavy (non-hydrogen) atoms. The molecule has 2 unspecified atom stereocenters. The number of rotatable bonds is 4. The van der Waals surface area contributed by atoms with Crippen LogP contribution in [0.1, 0.15) is 17.3 Å². The Kier molecular flexibility index (Phi) is 4.70. The van der Waals surface area contributed by atoms with Gasteiger partial charge in [-0.15, -0.1) is 0 Å². The third-order valence-electron chi connectivity index (χ3n) is 3.27. The van der Waals surface area contributed by atoms with Crippen molar-refractivity contribution in [1.82, 2.24) is 10.6 Å². The van der Waals surface area contributed by atoms with Crippen molar-refractivity contribution in [3.05, 3.63) is 29.8 Å². The topological polar surface area (TPSA) is 90.5 Å². The Bertz CT molecular complexity index is 504. The van der Waals surface area contributed by atoms with E-state index in [1.54, 1.807) is 24.3 Å². The minimum atomic E-state index is -0.416. The Balaban J connectivity index is 1.93. The molecule has 1 fully saturated rings. The fraction of sp³-hybridized carbons (Fsp3) is 0.429. The van der Waals surface area contributed by atoms with Crippen LogP contribution in [-0.4, -0.2) is 42.7 Å². The van der Waals surface area contributed by atoms with E-state index in [2.05, 4.69) is 16.0 Å². The standard InChI is InChI=1S/C14H19N3O3/c1-9(18)17-12-4-2-3-10(5-12)14(20)16-7-11-6-15-8-13(11)19/h2-5,11,13,15,19H,6-8H2,1H3,(H,16,20)(H,17,18). The molecular weight excluding hydrogens is 258 g/mol. The first-order chi connectivity index (χ1) is 9.56. The molecule has 2 rings (SSSR count). The van der Waals surface area contributed by atoms with Crippen molar-refractivity contribution >= 4 is 17.5 Å². The monoisotopic (exact) mass is 277 g/mol. The number of aliphatic hydroxyl groups excluding tert-OH is 1. The number of anilines is 1. The lowest BCUT2D eigenvalue weighted by atomic mass is 10.1. The minimum absolute atomic E-state index is 0.0393. The zero-order valence-corrected chi connectivity index (χ0v) is 11.3. The lowest BCUT2D eigenvalue weighted by molar-refractivity contribution is -0.114. The number of aliphatic hydroxyl groups is 1. The summed E-state index contributed by atoms with van der Waals surface area (Å²) in [4.78, 5) is 23.0. The summed E-state index contributed by atoms with van der Waals surface area (Å²) in [7, 11) is 0. The molecule has 1 saturated heterocycles. The van der Waals surface area contributed by atoms with Gasteiger partial charge in [-0.3, -0.25) is 9.59 Å². The molecule has 0 bridgehead atoms. The summed E-state index contributed by atoms with van der Waals surface area (Å²) < 4.78 is 0. The largest absolute Gasteiger partial charge is 0.391 e. The van der Waals surface area contributed by atoms with Crippen molar-refractivity contribution < 1.29 is 14.7 Å². The second-order valence-electron chi connectivity index (χ2n) is 4.96. The van der Waals surface area contributed by atoms with Gasteiger partial charge in [0.25, 0.3) is 5.91 Å². The predicted octanol–water partition coefficient (Wildman–Crippen LogP) is -0.0449. The van der Waals surface area contributed by atoms with Crippen molar-refractivity contribution in [2.24, 2.45) is 5.92 Å². The van der Waals surface area contributed by atoms with E-state index < -0.39 is 6.10 Å². The number of carbonyl (C=O) groups excluding carboxylic acids is 2. The molecule has 6 nitrogen and oxygen atoms in total. The number of β-amino-alcohol motifs (C(OH)–C–C–N with tert-alkyl or cyclic N) is 1. The molecule has 0 aromatic heterocycles. The lowest BCUT2D eigenvalue weighted by Crippen LogP contribution is -2.34. The van der Waals surface area contributed by atoms with Crippen molar-refractivity contribution in [2.75, 3.05) is 25.0 Å². The van der Waals surface area contributed by atoms with Gasteiger partial charge in [0.1, 0.15) is 0 Å². The summed E-state index contributed by atoms with van der Waals surface area (Å²) in [5.74, 6) is -0.350. The van der Waals surface area contributed by atoms with Crippen LogP contribution >= 0.6 is 0 Å². The molecule has 0 aliphatic carbocycles. The van der Waals surface area contributed by atoms with E-state index in [-0.39, 0.29) is 17.7 Å². The molecule has 2 atom stereocenters. The molecule has 1 aliphatic rings. The smallest absolute Gasteiger partial charge is 0.251 e. The van der Waals surface area contributed by atoms with Crippen LogP contribution in [0.15, 0.2) is 24.3 Å². The zero-order valence-electron chi connectivity index (χ0n) is 11.3. The Morgan fingerprint density at radius 1 is 1.40 bits per heavy atom. The third kappa shape index (κ3) is 3.79. The number of nitrogens with one attached hydrogen (secondary N) is 3. The van der Waals surface area contributed by atoms with Gasteiger partial charge in [0.15, 0.2) is 0 Å². The van der Waals surface area contributed by atoms with E-state index in [9.17, 15) is 14.7 Å². The van der Waals surface area contributed by atoms with Crippen LogP contribution in [0.2, 0.25) is 0 Å². The van der Waals surface area contributed by atoms with Gasteiger partial charge in [0, 0.05) is 43.7 Å². The molecule has 0 spiro atoms. The molecule has 1 aromatic rings. The number of hydrogen-bond donors (Lipinski definition) is 4. The van der Waals surface area contributed by atoms with Crippen LogP contribution in [0.3, 0.4) is 0 Å². The second-order valence-corrected chi connectivity index (χ2v) is 4.96. The SMILES string of the molecule is CC(=O)Nc1cccc(C(=O)NCC2CNCC2O)c1. The molecule has 1 aromatic carbocycles. The Morgan fingerprint density at radius 3 is 2.85 bits per heavy atom. The maximum atomic E-state index is 12.0. The molecule has 108 valence electrons. The summed E-state index contributed by atoms with van der Waals surface area (Å²) >= 11 is 0. The molecule has 6 heteroatoms. The van der Waals surface area contributed by atoms with Gasteiger partial charge < -0.3 is 21.1 Å². The number of hydrogen-bond acceptors (Lipinski definition) is 4. The van der Waals surface area contributed by atoms with Crippen molar-refractivity contribution in [3.63, 3.8) is 0 Å². The van der Waals surface area contributed by atoms with Crippen LogP contribution < -0.4 is 16.0 Å². The Labute approximate surface area is 117 Å². The van der Waals surface area contributed by atoms with E-state index in [1.807, 2.05) is 0 Å². The Hall–Kier alpha value is -1.92. The van der Waals surface area contributed by atoms with Crippen molar-refractivity contribution in [3.8, 4) is 0 Å². The maximum Gasteiger partial charge on any atom is 0.251 e. The first-order valence-corrected chi connectivity index (χ1v) is 6.61. The minimum Gasteiger partial charge on any atom is -0.391 e. The molecule has 0 saturated carbocycles. The van der Waals surface area contributed by atoms with Crippen LogP contribution in [-0.2, 0) is 4.79 Å². The maximum absolute atomic E-state index is 12.0. The average Bonchev–Trinajstić information content (AvgIpc) is 2.81. The molecule has 1 heterocycles. The third-order valence-corrected chi connectivity index (χ3v) is 3.27. The average molecular weight is 277 g/mol. The van der Waals surface area contributed by atoms with Gasteiger partial charge in [-0.2, -0.15) is 0 Å². The summed E-state index contributed by atoms with van der Waals surface area (Å²) in [5.41, 5.74) is 1.07. The number of carbonyl (C=O) groups is 2. The van der Waals surface area contributed by atoms with Gasteiger partial charge in [-0.1, -0.05) is 6.07 Å². The second kappa shape index (κ2) is 6.49. The highest BCUT2D eigenvalue weighted by molar-refractivity contribution is 5.96. The van der Waals surface area contributed by atoms with E-state index in [0.717, 1.165) is 0 Å². The first-order valence-electron chi connectivity index (χ1n) is 6.61. The quantitative estimate of drug-likeness (QED) is 0.621. The number of benzene rings is 1. The van der Waals surface area contributed by atoms with Crippen molar-refractivity contribution in [2.45, 2.75) is 13.0 Å². The molecule has 4 N–H and O–H groups in total. The van der Waals surface area contributed by atoms with E-state index in [1.165, 1.54) is 6.92 Å². The normalized spacial score (nSPS) is 21.5. The van der Waals surface area contributed by atoms with Crippen LogP contribution in [0.5, 0.6) is 0 Å². The van der Waals surface area contributed by atoms with E-state index in [4.69, 9.17) is 0 Å². The van der Waals surface area contributed by atoms with Gasteiger partial charge >= 0.3 is 0 Å². The Morgan fingerprint density at radius 2 is 2.20 bits per heavy atom. The molecule has 0 radical (unpaired) electrons.